The van der Waals surface area contributed by atoms with E-state index in [4.69, 9.17) is 9.47 Å². The van der Waals surface area contributed by atoms with Gasteiger partial charge in [-0.05, 0) is 67.5 Å². The molecule has 0 bridgehead atoms. The zero-order chi connectivity index (χ0) is 16.4. The van der Waals surface area contributed by atoms with Crippen LogP contribution in [0.1, 0.15) is 30.4 Å². The average molecular weight is 325 g/mol. The first kappa shape index (κ1) is 15.3. The van der Waals surface area contributed by atoms with Crippen molar-refractivity contribution in [2.75, 3.05) is 6.79 Å². The van der Waals surface area contributed by atoms with Crippen molar-refractivity contribution in [3.8, 4) is 17.2 Å². The Bertz CT molecular complexity index is 716. The summed E-state index contributed by atoms with van der Waals surface area (Å²) in [6.07, 6.45) is 5.58. The third-order valence-corrected chi connectivity index (χ3v) is 4.95. The van der Waals surface area contributed by atoms with E-state index in [0.29, 0.717) is 24.6 Å². The lowest BCUT2D eigenvalue weighted by Gasteiger charge is -2.15. The summed E-state index contributed by atoms with van der Waals surface area (Å²) in [6, 6.07) is 14.9. The summed E-state index contributed by atoms with van der Waals surface area (Å²) < 4.78 is 10.8. The van der Waals surface area contributed by atoms with Crippen molar-refractivity contribution in [2.45, 2.75) is 44.2 Å². The van der Waals surface area contributed by atoms with Gasteiger partial charge in [-0.3, -0.25) is 0 Å². The van der Waals surface area contributed by atoms with Gasteiger partial charge in [0.2, 0.25) is 6.79 Å². The van der Waals surface area contributed by atoms with Crippen LogP contribution in [0, 0.1) is 0 Å². The maximum absolute atomic E-state index is 9.58. The first-order chi connectivity index (χ1) is 11.8. The predicted molar refractivity (Wildman–Crippen MR) is 92.6 cm³/mol. The van der Waals surface area contributed by atoms with Gasteiger partial charge >= 0.3 is 0 Å². The van der Waals surface area contributed by atoms with Crippen LogP contribution in [0.2, 0.25) is 0 Å². The quantitative estimate of drug-likeness (QED) is 0.884. The van der Waals surface area contributed by atoms with Crippen LogP contribution in [0.25, 0.3) is 0 Å². The zero-order valence-corrected chi connectivity index (χ0v) is 13.7. The number of hydrogen-bond acceptors (Lipinski definition) is 4. The summed E-state index contributed by atoms with van der Waals surface area (Å²) >= 11 is 0. The summed E-state index contributed by atoms with van der Waals surface area (Å²) in [5, 5.41) is 13.3. The molecule has 2 aliphatic rings. The molecule has 2 heterocycles. The van der Waals surface area contributed by atoms with Gasteiger partial charge in [0.15, 0.2) is 11.5 Å². The third-order valence-electron chi connectivity index (χ3n) is 4.95. The van der Waals surface area contributed by atoms with Crippen molar-refractivity contribution < 1.29 is 14.6 Å². The fraction of sp³-hybridized carbons (Fsp3) is 0.400. The Morgan fingerprint density at radius 1 is 0.958 bits per heavy atom. The number of hydrogen-bond donors (Lipinski definition) is 2. The monoisotopic (exact) mass is 325 g/mol. The molecule has 0 radical (unpaired) electrons. The number of aryl methyl sites for hydroxylation is 1. The predicted octanol–water partition coefficient (Wildman–Crippen LogP) is 3.42. The normalized spacial score (nSPS) is 22.0. The van der Waals surface area contributed by atoms with Crippen LogP contribution in [0.3, 0.4) is 0 Å². The number of phenolic OH excluding ortho intramolecular Hbond substituents is 1. The van der Waals surface area contributed by atoms with Crippen LogP contribution >= 0.6 is 0 Å². The van der Waals surface area contributed by atoms with Crippen LogP contribution in [-0.2, 0) is 12.8 Å². The molecule has 0 aliphatic carbocycles. The van der Waals surface area contributed by atoms with Crippen LogP contribution in [-0.4, -0.2) is 24.0 Å². The largest absolute Gasteiger partial charge is 0.508 e. The number of fused-ring (bicyclic) bond motifs is 1. The molecule has 4 heteroatoms. The van der Waals surface area contributed by atoms with Gasteiger partial charge in [-0.2, -0.15) is 0 Å². The number of rotatable bonds is 5. The van der Waals surface area contributed by atoms with E-state index in [-0.39, 0.29) is 0 Å². The highest BCUT2D eigenvalue weighted by Crippen LogP contribution is 2.33. The second-order valence-electron chi connectivity index (χ2n) is 6.74. The number of phenols is 1. The molecule has 2 aliphatic heterocycles. The molecule has 0 amide bonds. The first-order valence-corrected chi connectivity index (χ1v) is 8.69. The van der Waals surface area contributed by atoms with E-state index in [1.807, 2.05) is 18.2 Å². The van der Waals surface area contributed by atoms with Gasteiger partial charge in [-0.15, -0.1) is 0 Å². The Morgan fingerprint density at radius 3 is 2.75 bits per heavy atom. The molecule has 2 aromatic carbocycles. The molecule has 0 saturated carbocycles. The van der Waals surface area contributed by atoms with E-state index < -0.39 is 0 Å². The molecule has 2 aromatic rings. The Kier molecular flexibility index (Phi) is 4.30. The van der Waals surface area contributed by atoms with E-state index in [1.54, 1.807) is 6.07 Å². The molecule has 126 valence electrons. The minimum absolute atomic E-state index is 0.333. The van der Waals surface area contributed by atoms with Crippen LogP contribution < -0.4 is 14.8 Å². The van der Waals surface area contributed by atoms with Gasteiger partial charge in [0.25, 0.3) is 0 Å². The van der Waals surface area contributed by atoms with E-state index in [1.165, 1.54) is 24.0 Å². The number of ether oxygens (including phenoxy) is 2. The van der Waals surface area contributed by atoms with Crippen molar-refractivity contribution in [3.63, 3.8) is 0 Å². The number of benzene rings is 2. The standard InChI is InChI=1S/C20H23NO3/c22-18-3-1-2-15(11-18)10-17-8-7-16(21-17)6-4-14-5-9-19-20(12-14)24-13-23-19/h1-3,5,9,11-12,16-17,21-22H,4,6-8,10,13H2. The van der Waals surface area contributed by atoms with E-state index in [0.717, 1.165) is 30.8 Å². The maximum atomic E-state index is 9.58. The second-order valence-corrected chi connectivity index (χ2v) is 6.74. The van der Waals surface area contributed by atoms with Gasteiger partial charge in [0.1, 0.15) is 5.75 Å². The van der Waals surface area contributed by atoms with Crippen LogP contribution in [0.4, 0.5) is 0 Å². The lowest BCUT2D eigenvalue weighted by atomic mass is 10.0. The van der Waals surface area contributed by atoms with Crippen molar-refractivity contribution >= 4 is 0 Å². The topological polar surface area (TPSA) is 50.7 Å². The lowest BCUT2D eigenvalue weighted by Crippen LogP contribution is -2.31. The molecule has 0 aromatic heterocycles. The summed E-state index contributed by atoms with van der Waals surface area (Å²) in [5.41, 5.74) is 2.50. The van der Waals surface area contributed by atoms with Gasteiger partial charge < -0.3 is 19.9 Å². The molecule has 24 heavy (non-hydrogen) atoms. The molecule has 1 fully saturated rings. The smallest absolute Gasteiger partial charge is 0.231 e. The van der Waals surface area contributed by atoms with Crippen molar-refractivity contribution in [3.05, 3.63) is 53.6 Å². The molecular formula is C20H23NO3. The summed E-state index contributed by atoms with van der Waals surface area (Å²) in [4.78, 5) is 0. The fourth-order valence-corrected chi connectivity index (χ4v) is 3.70. The van der Waals surface area contributed by atoms with Crippen molar-refractivity contribution in [1.29, 1.82) is 0 Å². The fourth-order valence-electron chi connectivity index (χ4n) is 3.70. The lowest BCUT2D eigenvalue weighted by molar-refractivity contribution is 0.174. The minimum atomic E-state index is 0.333. The molecule has 4 rings (SSSR count). The maximum Gasteiger partial charge on any atom is 0.231 e. The molecule has 4 nitrogen and oxygen atoms in total. The van der Waals surface area contributed by atoms with E-state index >= 15 is 0 Å². The summed E-state index contributed by atoms with van der Waals surface area (Å²) in [5.74, 6) is 2.07. The summed E-state index contributed by atoms with van der Waals surface area (Å²) in [6.45, 7) is 0.333. The zero-order valence-electron chi connectivity index (χ0n) is 13.7. The highest BCUT2D eigenvalue weighted by Gasteiger charge is 2.23. The molecule has 2 atom stereocenters. The Morgan fingerprint density at radius 2 is 1.83 bits per heavy atom. The van der Waals surface area contributed by atoms with Crippen LogP contribution in [0.15, 0.2) is 42.5 Å². The molecular weight excluding hydrogens is 302 g/mol. The number of aromatic hydroxyl groups is 1. The number of nitrogens with one attached hydrogen (secondary N) is 1. The van der Waals surface area contributed by atoms with Crippen molar-refractivity contribution in [1.82, 2.24) is 5.32 Å². The summed E-state index contributed by atoms with van der Waals surface area (Å²) in [7, 11) is 0. The van der Waals surface area contributed by atoms with Crippen LogP contribution in [0.5, 0.6) is 17.2 Å². The highest BCUT2D eigenvalue weighted by molar-refractivity contribution is 5.44. The highest BCUT2D eigenvalue weighted by atomic mass is 16.7. The van der Waals surface area contributed by atoms with Gasteiger partial charge in [0, 0.05) is 12.1 Å². The van der Waals surface area contributed by atoms with Crippen molar-refractivity contribution in [2.24, 2.45) is 0 Å². The molecule has 2 N–H and O–H groups in total. The Balaban J connectivity index is 1.28. The van der Waals surface area contributed by atoms with E-state index in [2.05, 4.69) is 23.5 Å². The SMILES string of the molecule is Oc1cccc(CC2CCC(CCc3ccc4c(c3)OCO4)N2)c1. The third kappa shape index (κ3) is 3.49. The van der Waals surface area contributed by atoms with Gasteiger partial charge in [-0.1, -0.05) is 18.2 Å². The van der Waals surface area contributed by atoms with Gasteiger partial charge in [0.05, 0.1) is 0 Å². The van der Waals surface area contributed by atoms with E-state index in [9.17, 15) is 5.11 Å². The average Bonchev–Trinajstić information content (AvgIpc) is 3.21. The molecule has 0 spiro atoms. The Labute approximate surface area is 142 Å². The molecule has 1 saturated heterocycles. The molecule has 2 unspecified atom stereocenters. The second kappa shape index (κ2) is 6.73. The first-order valence-electron chi connectivity index (χ1n) is 8.69. The van der Waals surface area contributed by atoms with Gasteiger partial charge in [-0.25, -0.2) is 0 Å². The minimum Gasteiger partial charge on any atom is -0.508 e. The Hall–Kier alpha value is -2.20.